The predicted molar refractivity (Wildman–Crippen MR) is 57.7 cm³/mol. The molecule has 0 saturated carbocycles. The van der Waals surface area contributed by atoms with Crippen molar-refractivity contribution in [1.29, 1.82) is 0 Å². The maximum Gasteiger partial charge on any atom is 0.320 e. The number of nitrogens with one attached hydrogen (secondary N) is 1. The van der Waals surface area contributed by atoms with E-state index in [-0.39, 0.29) is 12.1 Å². The van der Waals surface area contributed by atoms with E-state index in [4.69, 9.17) is 5.11 Å². The smallest absolute Gasteiger partial charge is 0.320 e. The lowest BCUT2D eigenvalue weighted by Gasteiger charge is -2.14. The second-order valence-electron chi connectivity index (χ2n) is 4.04. The van der Waals surface area contributed by atoms with E-state index in [1.807, 2.05) is 12.1 Å². The van der Waals surface area contributed by atoms with Crippen molar-refractivity contribution in [3.63, 3.8) is 0 Å². The lowest BCUT2D eigenvalue weighted by atomic mass is 10.0. The quantitative estimate of drug-likeness (QED) is 0.775. The fraction of sp³-hybridized carbons (Fsp3) is 0.417. The largest absolute Gasteiger partial charge is 0.480 e. The van der Waals surface area contributed by atoms with Gasteiger partial charge in [-0.25, -0.2) is 0 Å². The zero-order valence-electron chi connectivity index (χ0n) is 8.73. The van der Waals surface area contributed by atoms with Gasteiger partial charge in [-0.15, -0.1) is 0 Å². The molecule has 2 atom stereocenters. The summed E-state index contributed by atoms with van der Waals surface area (Å²) in [5, 5.41) is 12.0. The van der Waals surface area contributed by atoms with Crippen molar-refractivity contribution >= 4 is 5.97 Å². The van der Waals surface area contributed by atoms with Gasteiger partial charge in [0.15, 0.2) is 0 Å². The molecule has 1 heterocycles. The van der Waals surface area contributed by atoms with Gasteiger partial charge >= 0.3 is 5.97 Å². The Morgan fingerprint density at radius 3 is 2.73 bits per heavy atom. The average Bonchev–Trinajstić information content (AvgIpc) is 2.67. The third-order valence-corrected chi connectivity index (χ3v) is 3.01. The summed E-state index contributed by atoms with van der Waals surface area (Å²) in [4.78, 5) is 10.8. The summed E-state index contributed by atoms with van der Waals surface area (Å²) in [6, 6.07) is 7.95. The highest BCUT2D eigenvalue weighted by molar-refractivity contribution is 5.74. The first-order valence-electron chi connectivity index (χ1n) is 5.23. The van der Waals surface area contributed by atoms with Crippen LogP contribution in [0.15, 0.2) is 24.3 Å². The van der Waals surface area contributed by atoms with Crippen LogP contribution in [-0.2, 0) is 4.79 Å². The number of carboxylic acid groups (broad SMARTS) is 1. The minimum absolute atomic E-state index is 0.201. The number of carbonyl (C=O) groups is 1. The Kier molecular flexibility index (Phi) is 2.73. The third-order valence-electron chi connectivity index (χ3n) is 3.01. The van der Waals surface area contributed by atoms with Gasteiger partial charge in [-0.3, -0.25) is 10.1 Å². The minimum Gasteiger partial charge on any atom is -0.480 e. The van der Waals surface area contributed by atoms with Gasteiger partial charge in [0, 0.05) is 6.04 Å². The number of hydrogen-bond donors (Lipinski definition) is 2. The summed E-state index contributed by atoms with van der Waals surface area (Å²) in [5.74, 6) is -0.744. The Hall–Kier alpha value is -1.35. The number of hydrogen-bond acceptors (Lipinski definition) is 2. The molecule has 1 aliphatic rings. The molecule has 0 amide bonds. The minimum atomic E-state index is -0.744. The Bertz CT molecular complexity index is 376. The van der Waals surface area contributed by atoms with Crippen molar-refractivity contribution < 1.29 is 9.90 Å². The number of benzene rings is 1. The summed E-state index contributed by atoms with van der Waals surface area (Å²) in [5.41, 5.74) is 2.45. The van der Waals surface area contributed by atoms with Crippen LogP contribution in [0.25, 0.3) is 0 Å². The van der Waals surface area contributed by atoms with E-state index in [0.717, 1.165) is 6.42 Å². The van der Waals surface area contributed by atoms with Gasteiger partial charge in [0.1, 0.15) is 6.04 Å². The van der Waals surface area contributed by atoms with Crippen LogP contribution in [0, 0.1) is 6.92 Å². The van der Waals surface area contributed by atoms with Crippen LogP contribution in [0.5, 0.6) is 0 Å². The SMILES string of the molecule is Cc1ccccc1[C@@H]1CC[C@H](C(=O)O)N1. The first-order valence-corrected chi connectivity index (χ1v) is 5.23. The van der Waals surface area contributed by atoms with Crippen molar-refractivity contribution in [3.05, 3.63) is 35.4 Å². The normalized spacial score (nSPS) is 25.4. The molecule has 0 radical (unpaired) electrons. The van der Waals surface area contributed by atoms with Gasteiger partial charge in [0.05, 0.1) is 0 Å². The topological polar surface area (TPSA) is 49.3 Å². The zero-order valence-corrected chi connectivity index (χ0v) is 8.73. The number of rotatable bonds is 2. The summed E-state index contributed by atoms with van der Waals surface area (Å²) in [7, 11) is 0. The molecule has 1 saturated heterocycles. The Labute approximate surface area is 89.1 Å². The van der Waals surface area contributed by atoms with Crippen LogP contribution in [0.4, 0.5) is 0 Å². The van der Waals surface area contributed by atoms with E-state index in [2.05, 4.69) is 24.4 Å². The molecule has 2 N–H and O–H groups in total. The van der Waals surface area contributed by atoms with Crippen LogP contribution in [0.1, 0.15) is 30.0 Å². The molecule has 1 aromatic carbocycles. The van der Waals surface area contributed by atoms with Crippen molar-refractivity contribution in [2.24, 2.45) is 0 Å². The van der Waals surface area contributed by atoms with E-state index < -0.39 is 5.97 Å². The molecule has 15 heavy (non-hydrogen) atoms. The van der Waals surface area contributed by atoms with Gasteiger partial charge in [0.2, 0.25) is 0 Å². The molecule has 0 aromatic heterocycles. The van der Waals surface area contributed by atoms with Crippen LogP contribution in [-0.4, -0.2) is 17.1 Å². The lowest BCUT2D eigenvalue weighted by Crippen LogP contribution is -2.31. The monoisotopic (exact) mass is 205 g/mol. The average molecular weight is 205 g/mol. The van der Waals surface area contributed by atoms with E-state index >= 15 is 0 Å². The molecular formula is C12H15NO2. The van der Waals surface area contributed by atoms with Crippen LogP contribution >= 0.6 is 0 Å². The molecule has 0 bridgehead atoms. The molecular weight excluding hydrogens is 190 g/mol. The van der Waals surface area contributed by atoms with Crippen LogP contribution in [0.3, 0.4) is 0 Å². The molecule has 80 valence electrons. The van der Waals surface area contributed by atoms with Gasteiger partial charge in [-0.2, -0.15) is 0 Å². The Morgan fingerprint density at radius 1 is 1.40 bits per heavy atom. The van der Waals surface area contributed by atoms with E-state index in [1.54, 1.807) is 0 Å². The van der Waals surface area contributed by atoms with Gasteiger partial charge in [-0.1, -0.05) is 24.3 Å². The highest BCUT2D eigenvalue weighted by Gasteiger charge is 2.29. The summed E-state index contributed by atoms with van der Waals surface area (Å²) in [6.07, 6.45) is 1.62. The molecule has 0 spiro atoms. The standard InChI is InChI=1S/C12H15NO2/c1-8-4-2-3-5-9(8)10-6-7-11(13-10)12(14)15/h2-5,10-11,13H,6-7H2,1H3,(H,14,15)/t10-,11+/m0/s1. The van der Waals surface area contributed by atoms with Crippen molar-refractivity contribution in [2.75, 3.05) is 0 Å². The maximum atomic E-state index is 10.8. The molecule has 3 nitrogen and oxygen atoms in total. The highest BCUT2D eigenvalue weighted by atomic mass is 16.4. The fourth-order valence-corrected chi connectivity index (χ4v) is 2.16. The molecule has 1 fully saturated rings. The summed E-state index contributed by atoms with van der Waals surface area (Å²) in [6.45, 7) is 2.06. The van der Waals surface area contributed by atoms with Crippen molar-refractivity contribution in [1.82, 2.24) is 5.32 Å². The molecule has 0 aliphatic carbocycles. The van der Waals surface area contributed by atoms with Crippen molar-refractivity contribution in [3.8, 4) is 0 Å². The third kappa shape index (κ3) is 2.02. The van der Waals surface area contributed by atoms with E-state index in [1.165, 1.54) is 11.1 Å². The first-order chi connectivity index (χ1) is 7.18. The van der Waals surface area contributed by atoms with E-state index in [0.29, 0.717) is 6.42 Å². The van der Waals surface area contributed by atoms with Crippen LogP contribution < -0.4 is 5.32 Å². The molecule has 0 unspecified atom stereocenters. The number of aryl methyl sites for hydroxylation is 1. The molecule has 3 heteroatoms. The fourth-order valence-electron chi connectivity index (χ4n) is 2.16. The van der Waals surface area contributed by atoms with Gasteiger partial charge < -0.3 is 5.11 Å². The molecule has 2 rings (SSSR count). The Morgan fingerprint density at radius 2 is 2.13 bits per heavy atom. The van der Waals surface area contributed by atoms with Crippen molar-refractivity contribution in [2.45, 2.75) is 31.8 Å². The zero-order chi connectivity index (χ0) is 10.8. The number of aliphatic carboxylic acids is 1. The first kappa shape index (κ1) is 10.2. The second kappa shape index (κ2) is 4.03. The van der Waals surface area contributed by atoms with E-state index in [9.17, 15) is 4.79 Å². The molecule has 1 aliphatic heterocycles. The second-order valence-corrected chi connectivity index (χ2v) is 4.04. The van der Waals surface area contributed by atoms with Gasteiger partial charge in [-0.05, 0) is 30.9 Å². The summed E-state index contributed by atoms with van der Waals surface area (Å²) >= 11 is 0. The lowest BCUT2D eigenvalue weighted by molar-refractivity contribution is -0.139. The van der Waals surface area contributed by atoms with Crippen LogP contribution in [0.2, 0.25) is 0 Å². The maximum absolute atomic E-state index is 10.8. The summed E-state index contributed by atoms with van der Waals surface area (Å²) < 4.78 is 0. The Balaban J connectivity index is 2.14. The highest BCUT2D eigenvalue weighted by Crippen LogP contribution is 2.28. The molecule has 1 aromatic rings. The predicted octanol–water partition coefficient (Wildman–Crippen LogP) is 1.87. The number of carboxylic acids is 1. The van der Waals surface area contributed by atoms with Gasteiger partial charge in [0.25, 0.3) is 0 Å².